The summed E-state index contributed by atoms with van der Waals surface area (Å²) in [4.78, 5) is 12.5. The van der Waals surface area contributed by atoms with Crippen molar-refractivity contribution in [1.82, 2.24) is 15.5 Å². The number of nitrogens with one attached hydrogen (secondary N) is 2. The van der Waals surface area contributed by atoms with Crippen LogP contribution in [-0.2, 0) is 0 Å². The van der Waals surface area contributed by atoms with Crippen LogP contribution >= 0.6 is 0 Å². The standard InChI is InChI=1S/C23H24N4O/c1-16-9-11-17(12-10-16)21-13-14-22(27-26-21)24-20-8-4-5-18(15-20)23(28)25-19-6-2-3-7-19/h4-5,8-15,19H,2-3,6-7H2,1H3,(H,24,27)(H,25,28). The normalized spacial score (nSPS) is 14.0. The number of aromatic nitrogens is 2. The fraction of sp³-hybridized carbons (Fsp3) is 0.261. The van der Waals surface area contributed by atoms with E-state index in [1.165, 1.54) is 18.4 Å². The minimum absolute atomic E-state index is 0.0173. The smallest absolute Gasteiger partial charge is 0.251 e. The zero-order valence-corrected chi connectivity index (χ0v) is 16.0. The van der Waals surface area contributed by atoms with Crippen molar-refractivity contribution in [1.29, 1.82) is 0 Å². The van der Waals surface area contributed by atoms with Gasteiger partial charge < -0.3 is 10.6 Å². The van der Waals surface area contributed by atoms with Crippen molar-refractivity contribution >= 4 is 17.4 Å². The van der Waals surface area contributed by atoms with Gasteiger partial charge in [-0.1, -0.05) is 48.7 Å². The molecule has 0 radical (unpaired) electrons. The Morgan fingerprint density at radius 3 is 2.46 bits per heavy atom. The maximum Gasteiger partial charge on any atom is 0.251 e. The average Bonchev–Trinajstić information content (AvgIpc) is 3.22. The summed E-state index contributed by atoms with van der Waals surface area (Å²) in [6.07, 6.45) is 4.55. The molecule has 5 heteroatoms. The molecule has 2 N–H and O–H groups in total. The Labute approximate surface area is 165 Å². The molecule has 1 heterocycles. The molecule has 0 atom stereocenters. The van der Waals surface area contributed by atoms with Gasteiger partial charge in [0.25, 0.3) is 5.91 Å². The molecule has 3 aromatic rings. The van der Waals surface area contributed by atoms with Crippen LogP contribution in [0, 0.1) is 6.92 Å². The van der Waals surface area contributed by atoms with Gasteiger partial charge in [0.2, 0.25) is 0 Å². The van der Waals surface area contributed by atoms with Crippen LogP contribution in [0.4, 0.5) is 11.5 Å². The van der Waals surface area contributed by atoms with Crippen LogP contribution in [0.1, 0.15) is 41.6 Å². The number of amides is 1. The number of carbonyl (C=O) groups excluding carboxylic acids is 1. The van der Waals surface area contributed by atoms with Crippen LogP contribution in [0.15, 0.2) is 60.7 Å². The van der Waals surface area contributed by atoms with E-state index in [1.807, 2.05) is 48.5 Å². The lowest BCUT2D eigenvalue weighted by Crippen LogP contribution is -2.32. The lowest BCUT2D eigenvalue weighted by Gasteiger charge is -2.13. The predicted molar refractivity (Wildman–Crippen MR) is 112 cm³/mol. The Morgan fingerprint density at radius 2 is 1.75 bits per heavy atom. The molecule has 0 unspecified atom stereocenters. The molecule has 1 amide bonds. The third kappa shape index (κ3) is 4.36. The quantitative estimate of drug-likeness (QED) is 0.671. The van der Waals surface area contributed by atoms with Crippen LogP contribution in [0.3, 0.4) is 0 Å². The fourth-order valence-electron chi connectivity index (χ4n) is 3.50. The second-order valence-corrected chi connectivity index (χ2v) is 7.33. The van der Waals surface area contributed by atoms with Crippen LogP contribution in [-0.4, -0.2) is 22.1 Å². The summed E-state index contributed by atoms with van der Waals surface area (Å²) in [6.45, 7) is 2.06. The Hall–Kier alpha value is -3.21. The zero-order valence-electron chi connectivity index (χ0n) is 16.0. The average molecular weight is 372 g/mol. The van der Waals surface area contributed by atoms with E-state index >= 15 is 0 Å². The monoisotopic (exact) mass is 372 g/mol. The van der Waals surface area contributed by atoms with Crippen LogP contribution < -0.4 is 10.6 Å². The van der Waals surface area contributed by atoms with Crippen LogP contribution in [0.2, 0.25) is 0 Å². The molecule has 142 valence electrons. The van der Waals surface area contributed by atoms with Gasteiger partial charge in [-0.2, -0.15) is 0 Å². The molecule has 1 aromatic heterocycles. The molecule has 0 saturated heterocycles. The Kier molecular flexibility index (Phi) is 5.33. The molecule has 0 spiro atoms. The van der Waals surface area contributed by atoms with E-state index in [-0.39, 0.29) is 5.91 Å². The van der Waals surface area contributed by atoms with Crippen molar-refractivity contribution < 1.29 is 4.79 Å². The predicted octanol–water partition coefficient (Wildman–Crippen LogP) is 4.87. The van der Waals surface area contributed by atoms with E-state index in [9.17, 15) is 4.79 Å². The highest BCUT2D eigenvalue weighted by atomic mass is 16.1. The topological polar surface area (TPSA) is 66.9 Å². The highest BCUT2D eigenvalue weighted by Gasteiger charge is 2.18. The van der Waals surface area contributed by atoms with Crippen molar-refractivity contribution in [3.05, 3.63) is 71.8 Å². The molecule has 0 aliphatic heterocycles. The Bertz CT molecular complexity index is 945. The minimum atomic E-state index is -0.0173. The number of hydrogen-bond acceptors (Lipinski definition) is 4. The molecule has 4 rings (SSSR count). The molecule has 28 heavy (non-hydrogen) atoms. The van der Waals surface area contributed by atoms with Gasteiger partial charge in [0.1, 0.15) is 0 Å². The zero-order chi connectivity index (χ0) is 19.3. The van der Waals surface area contributed by atoms with Gasteiger partial charge in [-0.25, -0.2) is 0 Å². The summed E-state index contributed by atoms with van der Waals surface area (Å²) >= 11 is 0. The van der Waals surface area contributed by atoms with E-state index in [1.54, 1.807) is 0 Å². The van der Waals surface area contributed by atoms with Gasteiger partial charge in [-0.05, 0) is 50.1 Å². The number of hydrogen-bond donors (Lipinski definition) is 2. The number of carbonyl (C=O) groups is 1. The van der Waals surface area contributed by atoms with Gasteiger partial charge in [0.05, 0.1) is 5.69 Å². The summed E-state index contributed by atoms with van der Waals surface area (Å²) < 4.78 is 0. The molecular weight excluding hydrogens is 348 g/mol. The van der Waals surface area contributed by atoms with E-state index in [4.69, 9.17) is 0 Å². The van der Waals surface area contributed by atoms with Crippen LogP contribution in [0.5, 0.6) is 0 Å². The van der Waals surface area contributed by atoms with Gasteiger partial charge >= 0.3 is 0 Å². The van der Waals surface area contributed by atoms with Gasteiger partial charge in [0, 0.05) is 22.9 Å². The van der Waals surface area contributed by atoms with Gasteiger partial charge in [-0.15, -0.1) is 10.2 Å². The number of benzene rings is 2. The molecule has 1 saturated carbocycles. The summed E-state index contributed by atoms with van der Waals surface area (Å²) in [5.41, 5.74) is 4.55. The number of anilines is 2. The van der Waals surface area contributed by atoms with E-state index in [0.29, 0.717) is 17.4 Å². The van der Waals surface area contributed by atoms with Crippen molar-refractivity contribution in [3.63, 3.8) is 0 Å². The molecule has 0 bridgehead atoms. The molecular formula is C23H24N4O. The van der Waals surface area contributed by atoms with Crippen molar-refractivity contribution in [2.45, 2.75) is 38.6 Å². The SMILES string of the molecule is Cc1ccc(-c2ccc(Nc3cccc(C(=O)NC4CCCC4)c3)nn2)cc1. The first-order chi connectivity index (χ1) is 13.7. The number of nitrogens with zero attached hydrogens (tertiary/aromatic N) is 2. The molecule has 1 aliphatic rings. The van der Waals surface area contributed by atoms with E-state index in [0.717, 1.165) is 29.8 Å². The first-order valence-electron chi connectivity index (χ1n) is 9.76. The van der Waals surface area contributed by atoms with E-state index < -0.39 is 0 Å². The Morgan fingerprint density at radius 1 is 0.964 bits per heavy atom. The van der Waals surface area contributed by atoms with Gasteiger partial charge in [-0.3, -0.25) is 4.79 Å². The molecule has 5 nitrogen and oxygen atoms in total. The summed E-state index contributed by atoms with van der Waals surface area (Å²) in [7, 11) is 0. The van der Waals surface area contributed by atoms with Gasteiger partial charge in [0.15, 0.2) is 5.82 Å². The summed E-state index contributed by atoms with van der Waals surface area (Å²) in [5, 5.41) is 14.9. The second kappa shape index (κ2) is 8.21. The fourth-order valence-corrected chi connectivity index (χ4v) is 3.50. The third-order valence-electron chi connectivity index (χ3n) is 5.10. The van der Waals surface area contributed by atoms with Crippen molar-refractivity contribution in [2.75, 3.05) is 5.32 Å². The molecule has 2 aromatic carbocycles. The van der Waals surface area contributed by atoms with Crippen molar-refractivity contribution in [2.24, 2.45) is 0 Å². The second-order valence-electron chi connectivity index (χ2n) is 7.33. The lowest BCUT2D eigenvalue weighted by molar-refractivity contribution is 0.0938. The third-order valence-corrected chi connectivity index (χ3v) is 5.10. The lowest BCUT2D eigenvalue weighted by atomic mass is 10.1. The largest absolute Gasteiger partial charge is 0.349 e. The highest BCUT2D eigenvalue weighted by molar-refractivity contribution is 5.95. The summed E-state index contributed by atoms with van der Waals surface area (Å²) in [6, 6.07) is 19.8. The van der Waals surface area contributed by atoms with E-state index in [2.05, 4.69) is 39.9 Å². The first-order valence-corrected chi connectivity index (χ1v) is 9.76. The Balaban J connectivity index is 1.43. The highest BCUT2D eigenvalue weighted by Crippen LogP contribution is 2.21. The maximum atomic E-state index is 12.5. The summed E-state index contributed by atoms with van der Waals surface area (Å²) in [5.74, 6) is 0.626. The molecule has 1 aliphatic carbocycles. The number of aryl methyl sites for hydroxylation is 1. The minimum Gasteiger partial charge on any atom is -0.349 e. The van der Waals surface area contributed by atoms with Crippen molar-refractivity contribution in [3.8, 4) is 11.3 Å². The first kappa shape index (κ1) is 18.2. The molecule has 1 fully saturated rings. The maximum absolute atomic E-state index is 12.5. The number of rotatable bonds is 5. The van der Waals surface area contributed by atoms with Crippen LogP contribution in [0.25, 0.3) is 11.3 Å².